The van der Waals surface area contributed by atoms with Crippen molar-refractivity contribution in [1.29, 1.82) is 0 Å². The Morgan fingerprint density at radius 3 is 1.69 bits per heavy atom. The molecule has 80 valence electrons. The topological polar surface area (TPSA) is 0 Å². The molecule has 0 radical (unpaired) electrons. The van der Waals surface area contributed by atoms with Crippen molar-refractivity contribution in [1.82, 2.24) is 0 Å². The highest BCUT2D eigenvalue weighted by Gasteiger charge is 1.88. The number of thiol groups is 1. The molecule has 0 spiro atoms. The zero-order chi connectivity index (χ0) is 11.4. The molecule has 0 unspecified atom stereocenters. The Hall–Kier alpha value is -1.47. The van der Waals surface area contributed by atoms with Gasteiger partial charge in [-0.25, -0.2) is 0 Å². The molecule has 0 bridgehead atoms. The van der Waals surface area contributed by atoms with Gasteiger partial charge in [0.1, 0.15) is 0 Å². The van der Waals surface area contributed by atoms with Crippen molar-refractivity contribution >= 4 is 24.8 Å². The normalized spacial score (nSPS) is 10.9. The molecule has 2 aromatic carbocycles. The Labute approximate surface area is 102 Å². The molecule has 2 aromatic rings. The largest absolute Gasteiger partial charge is 0.143 e. The fraction of sp³-hybridized carbons (Fsp3) is 0.0667. The van der Waals surface area contributed by atoms with Gasteiger partial charge in [0.2, 0.25) is 0 Å². The van der Waals surface area contributed by atoms with Crippen molar-refractivity contribution in [2.45, 2.75) is 11.8 Å². The summed E-state index contributed by atoms with van der Waals surface area (Å²) in [5.41, 5.74) is 3.70. The van der Waals surface area contributed by atoms with E-state index in [4.69, 9.17) is 0 Å². The molecule has 0 atom stereocenters. The van der Waals surface area contributed by atoms with Crippen LogP contribution in [0.25, 0.3) is 12.2 Å². The van der Waals surface area contributed by atoms with E-state index in [9.17, 15) is 0 Å². The van der Waals surface area contributed by atoms with E-state index in [1.165, 1.54) is 16.7 Å². The highest BCUT2D eigenvalue weighted by molar-refractivity contribution is 7.80. The highest BCUT2D eigenvalue weighted by Crippen LogP contribution is 2.12. The minimum Gasteiger partial charge on any atom is -0.143 e. The Bertz CT molecular complexity index is 430. The fourth-order valence-electron chi connectivity index (χ4n) is 1.46. The maximum Gasteiger partial charge on any atom is 0.00403 e. The lowest BCUT2D eigenvalue weighted by Crippen LogP contribution is -1.74. The first-order valence-corrected chi connectivity index (χ1v) is 5.72. The second kappa shape index (κ2) is 5.04. The Morgan fingerprint density at radius 1 is 0.750 bits per heavy atom. The van der Waals surface area contributed by atoms with Gasteiger partial charge >= 0.3 is 0 Å². The molecule has 1 heteroatoms. The van der Waals surface area contributed by atoms with E-state index >= 15 is 0 Å². The summed E-state index contributed by atoms with van der Waals surface area (Å²) in [7, 11) is 0. The van der Waals surface area contributed by atoms with Crippen LogP contribution in [0.4, 0.5) is 0 Å². The molecule has 0 aliphatic rings. The second-order valence-electron chi connectivity index (χ2n) is 3.84. The summed E-state index contributed by atoms with van der Waals surface area (Å²) in [6.45, 7) is 2.10. The molecule has 0 aliphatic carbocycles. The summed E-state index contributed by atoms with van der Waals surface area (Å²) >= 11 is 4.26. The second-order valence-corrected chi connectivity index (χ2v) is 4.35. The number of hydrogen-bond acceptors (Lipinski definition) is 1. The van der Waals surface area contributed by atoms with Crippen LogP contribution in [0.15, 0.2) is 53.4 Å². The van der Waals surface area contributed by atoms with Gasteiger partial charge in [0, 0.05) is 4.90 Å². The third-order valence-corrected chi connectivity index (χ3v) is 2.74. The zero-order valence-corrected chi connectivity index (χ0v) is 10.1. The molecular weight excluding hydrogens is 212 g/mol. The molecule has 0 fully saturated rings. The van der Waals surface area contributed by atoms with Crippen molar-refractivity contribution in [3.63, 3.8) is 0 Å². The van der Waals surface area contributed by atoms with Crippen LogP contribution < -0.4 is 0 Å². The first-order chi connectivity index (χ1) is 7.74. The van der Waals surface area contributed by atoms with E-state index in [1.54, 1.807) is 0 Å². The van der Waals surface area contributed by atoms with Gasteiger partial charge in [0.25, 0.3) is 0 Å². The standard InChI is InChI=1S/C15H14S/c1-12-2-4-13(5-3-12)6-7-14-8-10-15(16)11-9-14/h2-11,16H,1H3. The summed E-state index contributed by atoms with van der Waals surface area (Å²) < 4.78 is 0. The van der Waals surface area contributed by atoms with Crippen molar-refractivity contribution in [3.8, 4) is 0 Å². The van der Waals surface area contributed by atoms with Crippen LogP contribution >= 0.6 is 12.6 Å². The van der Waals surface area contributed by atoms with Crippen molar-refractivity contribution in [2.75, 3.05) is 0 Å². The number of benzene rings is 2. The van der Waals surface area contributed by atoms with Crippen molar-refractivity contribution < 1.29 is 0 Å². The molecule has 0 saturated carbocycles. The predicted octanol–water partition coefficient (Wildman–Crippen LogP) is 4.45. The summed E-state index contributed by atoms with van der Waals surface area (Å²) in [6, 6.07) is 16.6. The molecule has 0 amide bonds. The first-order valence-electron chi connectivity index (χ1n) is 5.28. The predicted molar refractivity (Wildman–Crippen MR) is 73.8 cm³/mol. The first kappa shape index (κ1) is 11.0. The maximum absolute atomic E-state index is 4.26. The molecule has 0 heterocycles. The van der Waals surface area contributed by atoms with Crippen LogP contribution in [0.1, 0.15) is 16.7 Å². The van der Waals surface area contributed by atoms with Crippen molar-refractivity contribution in [3.05, 3.63) is 65.2 Å². The lowest BCUT2D eigenvalue weighted by Gasteiger charge is -1.96. The van der Waals surface area contributed by atoms with E-state index < -0.39 is 0 Å². The van der Waals surface area contributed by atoms with Crippen LogP contribution in [-0.2, 0) is 0 Å². The minimum atomic E-state index is 0.993. The smallest absolute Gasteiger partial charge is 0.00403 e. The monoisotopic (exact) mass is 226 g/mol. The Morgan fingerprint density at radius 2 is 1.19 bits per heavy atom. The number of hydrogen-bond donors (Lipinski definition) is 1. The summed E-state index contributed by atoms with van der Waals surface area (Å²) in [5, 5.41) is 0. The summed E-state index contributed by atoms with van der Waals surface area (Å²) in [4.78, 5) is 0.993. The molecule has 2 rings (SSSR count). The SMILES string of the molecule is Cc1ccc(C=Cc2ccc(S)cc2)cc1. The number of rotatable bonds is 2. The van der Waals surface area contributed by atoms with Gasteiger partial charge in [0.15, 0.2) is 0 Å². The molecule has 16 heavy (non-hydrogen) atoms. The van der Waals surface area contributed by atoms with Gasteiger partial charge in [0.05, 0.1) is 0 Å². The molecule has 0 saturated heterocycles. The molecule has 0 N–H and O–H groups in total. The molecular formula is C15H14S. The van der Waals surface area contributed by atoms with Crippen molar-refractivity contribution in [2.24, 2.45) is 0 Å². The highest BCUT2D eigenvalue weighted by atomic mass is 32.1. The van der Waals surface area contributed by atoms with Crippen LogP contribution in [0.5, 0.6) is 0 Å². The van der Waals surface area contributed by atoms with E-state index in [2.05, 4.69) is 68.1 Å². The minimum absolute atomic E-state index is 0.993. The van der Waals surface area contributed by atoms with Gasteiger partial charge in [-0.05, 0) is 30.2 Å². The van der Waals surface area contributed by atoms with E-state index in [1.807, 2.05) is 12.1 Å². The Kier molecular flexibility index (Phi) is 3.47. The lowest BCUT2D eigenvalue weighted by atomic mass is 10.1. The average molecular weight is 226 g/mol. The molecule has 0 aliphatic heterocycles. The quantitative estimate of drug-likeness (QED) is 0.567. The molecule has 0 nitrogen and oxygen atoms in total. The third kappa shape index (κ3) is 3.01. The Balaban J connectivity index is 2.15. The van der Waals surface area contributed by atoms with E-state index in [0.717, 1.165) is 4.90 Å². The third-order valence-electron chi connectivity index (χ3n) is 2.44. The number of aryl methyl sites for hydroxylation is 1. The van der Waals surface area contributed by atoms with Crippen LogP contribution in [0, 0.1) is 6.92 Å². The van der Waals surface area contributed by atoms with Gasteiger partial charge in [-0.3, -0.25) is 0 Å². The zero-order valence-electron chi connectivity index (χ0n) is 9.22. The van der Waals surface area contributed by atoms with E-state index in [0.29, 0.717) is 0 Å². The van der Waals surface area contributed by atoms with Crippen LogP contribution in [0.2, 0.25) is 0 Å². The summed E-state index contributed by atoms with van der Waals surface area (Å²) in [6.07, 6.45) is 4.23. The van der Waals surface area contributed by atoms with Gasteiger partial charge < -0.3 is 0 Å². The van der Waals surface area contributed by atoms with E-state index in [-0.39, 0.29) is 0 Å². The van der Waals surface area contributed by atoms with Gasteiger partial charge in [-0.2, -0.15) is 0 Å². The van der Waals surface area contributed by atoms with Gasteiger partial charge in [-0.1, -0.05) is 54.1 Å². The maximum atomic E-state index is 4.26. The lowest BCUT2D eigenvalue weighted by molar-refractivity contribution is 1.46. The summed E-state index contributed by atoms with van der Waals surface area (Å²) in [5.74, 6) is 0. The van der Waals surface area contributed by atoms with Gasteiger partial charge in [-0.15, -0.1) is 12.6 Å². The van der Waals surface area contributed by atoms with Crippen LogP contribution in [0.3, 0.4) is 0 Å². The average Bonchev–Trinajstić information content (AvgIpc) is 2.30. The fourth-order valence-corrected chi connectivity index (χ4v) is 1.60. The van der Waals surface area contributed by atoms with Crippen LogP contribution in [-0.4, -0.2) is 0 Å². The molecule has 0 aromatic heterocycles.